The Hall–Kier alpha value is -2.98. The summed E-state index contributed by atoms with van der Waals surface area (Å²) in [5.41, 5.74) is 3.44. The van der Waals surface area contributed by atoms with Crippen LogP contribution >= 0.6 is 11.6 Å². The van der Waals surface area contributed by atoms with E-state index >= 15 is 0 Å². The van der Waals surface area contributed by atoms with Gasteiger partial charge >= 0.3 is 0 Å². The van der Waals surface area contributed by atoms with Crippen molar-refractivity contribution < 1.29 is 5.11 Å². The van der Waals surface area contributed by atoms with Gasteiger partial charge in [0.05, 0.1) is 11.1 Å². The molecule has 0 saturated heterocycles. The fourth-order valence-electron chi connectivity index (χ4n) is 3.04. The summed E-state index contributed by atoms with van der Waals surface area (Å²) in [5.74, 6) is -0.0857. The zero-order valence-electron chi connectivity index (χ0n) is 13.5. The Labute approximate surface area is 148 Å². The zero-order chi connectivity index (χ0) is 17.6. The number of hydrogen-bond acceptors (Lipinski definition) is 2. The van der Waals surface area contributed by atoms with E-state index < -0.39 is 0 Å². The molecule has 2 aromatic heterocycles. The number of nitrogens with one attached hydrogen (secondary N) is 1. The molecule has 0 spiro atoms. The lowest BCUT2D eigenvalue weighted by Crippen LogP contribution is -2.09. The smallest absolute Gasteiger partial charge is 0.260 e. The van der Waals surface area contributed by atoms with Crippen LogP contribution in [0.25, 0.3) is 27.8 Å². The van der Waals surface area contributed by atoms with Gasteiger partial charge in [-0.1, -0.05) is 59.6 Å². The molecule has 5 heteroatoms. The van der Waals surface area contributed by atoms with E-state index in [1.807, 2.05) is 49.4 Å². The Morgan fingerprint density at radius 3 is 2.40 bits per heavy atom. The molecule has 2 heterocycles. The van der Waals surface area contributed by atoms with Crippen molar-refractivity contribution in [3.63, 3.8) is 0 Å². The van der Waals surface area contributed by atoms with Crippen LogP contribution in [0, 0.1) is 6.92 Å². The standard InChI is InChI=1S/C20H15ClN2O2/c1-12-7-9-14(10-8-12)23-16(21)11-15-18(23)19(24)17(20(25)22-15)13-5-3-2-4-6-13/h2-11H,1H3,(H2,22,24,25). The molecule has 0 radical (unpaired) electrons. The Morgan fingerprint density at radius 2 is 1.72 bits per heavy atom. The number of rotatable bonds is 2. The number of pyridine rings is 1. The number of aryl methyl sites for hydroxylation is 1. The van der Waals surface area contributed by atoms with Gasteiger partial charge in [0.2, 0.25) is 0 Å². The van der Waals surface area contributed by atoms with E-state index in [-0.39, 0.29) is 16.9 Å². The molecule has 4 aromatic rings. The van der Waals surface area contributed by atoms with Crippen LogP contribution in [0.15, 0.2) is 65.5 Å². The second kappa shape index (κ2) is 5.83. The first-order chi connectivity index (χ1) is 12.1. The third-order valence-electron chi connectivity index (χ3n) is 4.25. The van der Waals surface area contributed by atoms with Crippen LogP contribution in [0.2, 0.25) is 5.15 Å². The fourth-order valence-corrected chi connectivity index (χ4v) is 3.33. The summed E-state index contributed by atoms with van der Waals surface area (Å²) in [6, 6.07) is 18.5. The molecular formula is C20H15ClN2O2. The molecule has 124 valence electrons. The van der Waals surface area contributed by atoms with Gasteiger partial charge in [0.25, 0.3) is 5.56 Å². The van der Waals surface area contributed by atoms with Crippen molar-refractivity contribution in [3.8, 4) is 22.6 Å². The van der Waals surface area contributed by atoms with Crippen molar-refractivity contribution in [1.29, 1.82) is 0 Å². The molecule has 4 rings (SSSR count). The minimum Gasteiger partial charge on any atom is -0.505 e. The first-order valence-corrected chi connectivity index (χ1v) is 8.22. The molecule has 2 aromatic carbocycles. The van der Waals surface area contributed by atoms with E-state index in [9.17, 15) is 9.90 Å². The monoisotopic (exact) mass is 350 g/mol. The van der Waals surface area contributed by atoms with Gasteiger partial charge < -0.3 is 10.1 Å². The maximum absolute atomic E-state index is 12.5. The van der Waals surface area contributed by atoms with Crippen LogP contribution in [0.4, 0.5) is 0 Å². The lowest BCUT2D eigenvalue weighted by Gasteiger charge is -2.11. The molecule has 2 N–H and O–H groups in total. The molecule has 0 fully saturated rings. The van der Waals surface area contributed by atoms with Crippen molar-refractivity contribution in [3.05, 3.63) is 81.7 Å². The minimum absolute atomic E-state index is 0.0857. The number of benzene rings is 2. The van der Waals surface area contributed by atoms with Crippen molar-refractivity contribution in [1.82, 2.24) is 9.55 Å². The number of fused-ring (bicyclic) bond motifs is 1. The van der Waals surface area contributed by atoms with Crippen LogP contribution in [0.1, 0.15) is 5.56 Å². The van der Waals surface area contributed by atoms with E-state index in [1.54, 1.807) is 22.8 Å². The topological polar surface area (TPSA) is 58.0 Å². The normalized spacial score (nSPS) is 11.1. The highest BCUT2D eigenvalue weighted by molar-refractivity contribution is 6.31. The highest BCUT2D eigenvalue weighted by Crippen LogP contribution is 2.36. The van der Waals surface area contributed by atoms with Crippen molar-refractivity contribution in [2.24, 2.45) is 0 Å². The number of aromatic nitrogens is 2. The summed E-state index contributed by atoms with van der Waals surface area (Å²) in [7, 11) is 0. The van der Waals surface area contributed by atoms with Gasteiger partial charge in [-0.3, -0.25) is 9.36 Å². The first-order valence-electron chi connectivity index (χ1n) is 7.85. The van der Waals surface area contributed by atoms with E-state index in [1.165, 1.54) is 0 Å². The number of H-pyrrole nitrogens is 1. The predicted molar refractivity (Wildman–Crippen MR) is 101 cm³/mol. The first kappa shape index (κ1) is 15.5. The Balaban J connectivity index is 2.07. The van der Waals surface area contributed by atoms with Crippen molar-refractivity contribution in [2.45, 2.75) is 6.92 Å². The largest absolute Gasteiger partial charge is 0.505 e. The molecule has 25 heavy (non-hydrogen) atoms. The van der Waals surface area contributed by atoms with Gasteiger partial charge in [-0.15, -0.1) is 0 Å². The second-order valence-corrected chi connectivity index (χ2v) is 6.33. The van der Waals surface area contributed by atoms with Gasteiger partial charge in [0.1, 0.15) is 10.7 Å². The summed E-state index contributed by atoms with van der Waals surface area (Å²) >= 11 is 6.39. The average molecular weight is 351 g/mol. The molecule has 0 bridgehead atoms. The molecule has 0 unspecified atom stereocenters. The number of aromatic hydroxyl groups is 1. The Kier molecular flexibility index (Phi) is 3.62. The molecule has 0 aliphatic rings. The van der Waals surface area contributed by atoms with Crippen LogP contribution in [0.3, 0.4) is 0 Å². The molecule has 0 aliphatic heterocycles. The minimum atomic E-state index is -0.353. The number of halogens is 1. The van der Waals surface area contributed by atoms with E-state index in [0.29, 0.717) is 21.7 Å². The quantitative estimate of drug-likeness (QED) is 0.552. The van der Waals surface area contributed by atoms with E-state index in [0.717, 1.165) is 11.3 Å². The molecule has 0 atom stereocenters. The number of hydrogen-bond donors (Lipinski definition) is 2. The van der Waals surface area contributed by atoms with Crippen LogP contribution in [-0.2, 0) is 0 Å². The van der Waals surface area contributed by atoms with Gasteiger partial charge in [0.15, 0.2) is 5.75 Å². The second-order valence-electron chi connectivity index (χ2n) is 5.94. The molecule has 4 nitrogen and oxygen atoms in total. The third kappa shape index (κ3) is 2.51. The van der Waals surface area contributed by atoms with Gasteiger partial charge in [-0.25, -0.2) is 0 Å². The summed E-state index contributed by atoms with van der Waals surface area (Å²) < 4.78 is 1.73. The maximum atomic E-state index is 12.5. The van der Waals surface area contributed by atoms with Crippen molar-refractivity contribution >= 4 is 22.6 Å². The van der Waals surface area contributed by atoms with Gasteiger partial charge in [-0.05, 0) is 30.7 Å². The maximum Gasteiger partial charge on any atom is 0.260 e. The summed E-state index contributed by atoms with van der Waals surface area (Å²) in [5, 5.41) is 11.3. The number of aromatic amines is 1. The lowest BCUT2D eigenvalue weighted by atomic mass is 10.1. The van der Waals surface area contributed by atoms with Crippen LogP contribution in [0.5, 0.6) is 5.75 Å². The van der Waals surface area contributed by atoms with Gasteiger partial charge in [0, 0.05) is 5.69 Å². The number of nitrogens with zero attached hydrogens (tertiary/aromatic N) is 1. The van der Waals surface area contributed by atoms with Crippen LogP contribution in [-0.4, -0.2) is 14.7 Å². The Morgan fingerprint density at radius 1 is 1.04 bits per heavy atom. The fraction of sp³-hybridized carbons (Fsp3) is 0.0500. The summed E-state index contributed by atoms with van der Waals surface area (Å²) in [6.45, 7) is 2.00. The van der Waals surface area contributed by atoms with Crippen molar-refractivity contribution in [2.75, 3.05) is 0 Å². The molecule has 0 amide bonds. The SMILES string of the molecule is Cc1ccc(-n2c(Cl)cc3[nH]c(=O)c(-c4ccccc4)c(O)c32)cc1. The summed E-state index contributed by atoms with van der Waals surface area (Å²) in [4.78, 5) is 15.3. The summed E-state index contributed by atoms with van der Waals surface area (Å²) in [6.07, 6.45) is 0. The van der Waals surface area contributed by atoms with E-state index in [2.05, 4.69) is 4.98 Å². The average Bonchev–Trinajstić information content (AvgIpc) is 2.93. The van der Waals surface area contributed by atoms with E-state index in [4.69, 9.17) is 11.6 Å². The van der Waals surface area contributed by atoms with Crippen LogP contribution < -0.4 is 5.56 Å². The zero-order valence-corrected chi connectivity index (χ0v) is 14.2. The molecule has 0 aliphatic carbocycles. The predicted octanol–water partition coefficient (Wildman–Crippen LogP) is 4.65. The molecule has 0 saturated carbocycles. The lowest BCUT2D eigenvalue weighted by molar-refractivity contribution is 0.480. The third-order valence-corrected chi connectivity index (χ3v) is 4.52. The molecular weight excluding hydrogens is 336 g/mol. The highest BCUT2D eigenvalue weighted by atomic mass is 35.5. The highest BCUT2D eigenvalue weighted by Gasteiger charge is 2.19. The van der Waals surface area contributed by atoms with Gasteiger partial charge in [-0.2, -0.15) is 0 Å². The Bertz CT molecular complexity index is 1130.